The Bertz CT molecular complexity index is 1700. The first-order valence-electron chi connectivity index (χ1n) is 14.7. The molecule has 1 aliphatic heterocycles. The fourth-order valence-electron chi connectivity index (χ4n) is 5.33. The third kappa shape index (κ3) is 7.20. The molecule has 1 N–H and O–H groups in total. The van der Waals surface area contributed by atoms with Crippen LogP contribution < -0.4 is 5.32 Å². The second kappa shape index (κ2) is 13.1. The summed E-state index contributed by atoms with van der Waals surface area (Å²) in [5.41, 5.74) is 8.67. The smallest absolute Gasteiger partial charge is 0.227 e. The number of benzene rings is 3. The van der Waals surface area contributed by atoms with E-state index in [1.165, 1.54) is 5.56 Å². The molecule has 6 rings (SSSR count). The lowest BCUT2D eigenvalue weighted by Gasteiger charge is -2.32. The molecule has 7 nitrogen and oxygen atoms in total. The number of pyridine rings is 1. The first-order valence-corrected chi connectivity index (χ1v) is 14.7. The molecule has 0 saturated carbocycles. The fourth-order valence-corrected chi connectivity index (χ4v) is 5.33. The highest BCUT2D eigenvalue weighted by atomic mass is 16.1. The van der Waals surface area contributed by atoms with Crippen molar-refractivity contribution >= 4 is 17.4 Å². The van der Waals surface area contributed by atoms with Crippen molar-refractivity contribution in [2.75, 3.05) is 38.5 Å². The number of aromatic nitrogens is 3. The van der Waals surface area contributed by atoms with Crippen LogP contribution in [0.5, 0.6) is 0 Å². The molecule has 7 heteroatoms. The maximum Gasteiger partial charge on any atom is 0.227 e. The van der Waals surface area contributed by atoms with Gasteiger partial charge in [-0.05, 0) is 54.4 Å². The van der Waals surface area contributed by atoms with E-state index in [2.05, 4.69) is 62.5 Å². The standard InChI is InChI=1S/C36H36N6O/c1-26-8-9-28(21-35(43)30-12-10-27(11-13-30)25-42-18-16-41(2)17-19-42)20-34(26)40-36-38-15-14-33(39-36)32-22-31(23-37-24-32)29-6-4-3-5-7-29/h3-15,20,22-24H,16-19,21,25H2,1-2H3,(H,38,39,40). The highest BCUT2D eigenvalue weighted by Gasteiger charge is 2.15. The number of Topliss-reactive ketones (excluding diaryl/α,β-unsaturated/α-hetero) is 1. The van der Waals surface area contributed by atoms with Gasteiger partial charge in [0.15, 0.2) is 5.78 Å². The van der Waals surface area contributed by atoms with Crippen molar-refractivity contribution in [3.8, 4) is 22.4 Å². The Kier molecular flexibility index (Phi) is 8.63. The number of ketones is 1. The first kappa shape index (κ1) is 28.4. The quantitative estimate of drug-likeness (QED) is 0.205. The Labute approximate surface area is 253 Å². The van der Waals surface area contributed by atoms with Gasteiger partial charge in [-0.3, -0.25) is 14.7 Å². The average Bonchev–Trinajstić information content (AvgIpc) is 3.05. The normalized spacial score (nSPS) is 14.0. The maximum atomic E-state index is 13.2. The van der Waals surface area contributed by atoms with Gasteiger partial charge in [-0.15, -0.1) is 0 Å². The Hall–Kier alpha value is -4.72. The minimum absolute atomic E-state index is 0.102. The monoisotopic (exact) mass is 568 g/mol. The van der Waals surface area contributed by atoms with Gasteiger partial charge in [-0.25, -0.2) is 9.97 Å². The summed E-state index contributed by atoms with van der Waals surface area (Å²) in [6.07, 6.45) is 5.74. The molecular formula is C36H36N6O. The number of nitrogens with zero attached hydrogens (tertiary/aromatic N) is 5. The van der Waals surface area contributed by atoms with Crippen molar-refractivity contribution in [1.29, 1.82) is 0 Å². The lowest BCUT2D eigenvalue weighted by molar-refractivity contribution is 0.0993. The number of likely N-dealkylation sites (N-methyl/N-ethyl adjacent to an activating group) is 1. The molecule has 3 aromatic carbocycles. The number of piperazine rings is 1. The maximum absolute atomic E-state index is 13.2. The molecule has 0 bridgehead atoms. The van der Waals surface area contributed by atoms with Gasteiger partial charge in [0, 0.05) is 80.1 Å². The van der Waals surface area contributed by atoms with E-state index >= 15 is 0 Å². The van der Waals surface area contributed by atoms with Crippen LogP contribution in [0.15, 0.2) is 104 Å². The molecule has 1 aliphatic rings. The lowest BCUT2D eigenvalue weighted by Crippen LogP contribution is -2.43. The number of carbonyl (C=O) groups is 1. The van der Waals surface area contributed by atoms with Crippen LogP contribution in [0.3, 0.4) is 0 Å². The Morgan fingerprint density at radius 1 is 0.814 bits per heavy atom. The van der Waals surface area contributed by atoms with Gasteiger partial charge in [0.2, 0.25) is 5.95 Å². The number of rotatable bonds is 9. The zero-order chi connectivity index (χ0) is 29.6. The van der Waals surface area contributed by atoms with E-state index in [9.17, 15) is 4.79 Å². The van der Waals surface area contributed by atoms with E-state index in [0.717, 1.165) is 77.5 Å². The average molecular weight is 569 g/mol. The van der Waals surface area contributed by atoms with Crippen LogP contribution in [0.2, 0.25) is 0 Å². The number of aryl methyl sites for hydroxylation is 1. The summed E-state index contributed by atoms with van der Waals surface area (Å²) in [5, 5.41) is 3.37. The van der Waals surface area contributed by atoms with E-state index in [-0.39, 0.29) is 5.78 Å². The highest BCUT2D eigenvalue weighted by molar-refractivity contribution is 5.97. The number of hydrogen-bond donors (Lipinski definition) is 1. The van der Waals surface area contributed by atoms with E-state index in [0.29, 0.717) is 12.4 Å². The van der Waals surface area contributed by atoms with Crippen LogP contribution >= 0.6 is 0 Å². The first-order chi connectivity index (χ1) is 21.0. The van der Waals surface area contributed by atoms with Crippen molar-refractivity contribution in [1.82, 2.24) is 24.8 Å². The van der Waals surface area contributed by atoms with Crippen LogP contribution in [0, 0.1) is 6.92 Å². The van der Waals surface area contributed by atoms with Crippen molar-refractivity contribution < 1.29 is 4.79 Å². The Morgan fingerprint density at radius 2 is 1.56 bits per heavy atom. The van der Waals surface area contributed by atoms with Gasteiger partial charge in [0.25, 0.3) is 0 Å². The van der Waals surface area contributed by atoms with E-state index in [1.807, 2.05) is 73.9 Å². The third-order valence-electron chi connectivity index (χ3n) is 7.99. The van der Waals surface area contributed by atoms with Gasteiger partial charge in [0.1, 0.15) is 0 Å². The number of anilines is 2. The zero-order valence-electron chi connectivity index (χ0n) is 24.7. The zero-order valence-corrected chi connectivity index (χ0v) is 24.7. The largest absolute Gasteiger partial charge is 0.324 e. The van der Waals surface area contributed by atoms with Gasteiger partial charge in [-0.1, -0.05) is 66.7 Å². The second-order valence-corrected chi connectivity index (χ2v) is 11.2. The number of hydrogen-bond acceptors (Lipinski definition) is 7. The van der Waals surface area contributed by atoms with Crippen LogP contribution in [0.25, 0.3) is 22.4 Å². The highest BCUT2D eigenvalue weighted by Crippen LogP contribution is 2.26. The summed E-state index contributed by atoms with van der Waals surface area (Å²) in [5.74, 6) is 0.593. The molecule has 1 saturated heterocycles. The van der Waals surface area contributed by atoms with Crippen LogP contribution in [-0.2, 0) is 13.0 Å². The van der Waals surface area contributed by atoms with Gasteiger partial charge >= 0.3 is 0 Å². The minimum Gasteiger partial charge on any atom is -0.324 e. The molecule has 2 aromatic heterocycles. The number of nitrogens with one attached hydrogen (secondary N) is 1. The summed E-state index contributed by atoms with van der Waals surface area (Å²) in [6, 6.07) is 28.3. The molecule has 0 radical (unpaired) electrons. The molecule has 0 atom stereocenters. The molecule has 0 unspecified atom stereocenters. The van der Waals surface area contributed by atoms with Gasteiger partial charge < -0.3 is 10.2 Å². The lowest BCUT2D eigenvalue weighted by atomic mass is 10.00. The predicted molar refractivity (Wildman–Crippen MR) is 172 cm³/mol. The van der Waals surface area contributed by atoms with Crippen molar-refractivity contribution in [2.45, 2.75) is 19.9 Å². The fraction of sp³-hybridized carbons (Fsp3) is 0.222. The van der Waals surface area contributed by atoms with E-state index < -0.39 is 0 Å². The molecule has 0 amide bonds. The Morgan fingerprint density at radius 3 is 2.35 bits per heavy atom. The van der Waals surface area contributed by atoms with Gasteiger partial charge in [0.05, 0.1) is 5.69 Å². The number of carbonyl (C=O) groups excluding carboxylic acids is 1. The summed E-state index contributed by atoms with van der Waals surface area (Å²) < 4.78 is 0. The van der Waals surface area contributed by atoms with Gasteiger partial charge in [-0.2, -0.15) is 0 Å². The molecule has 5 aromatic rings. The second-order valence-electron chi connectivity index (χ2n) is 11.2. The molecule has 0 spiro atoms. The topological polar surface area (TPSA) is 74.2 Å². The summed E-state index contributed by atoms with van der Waals surface area (Å²) in [6.45, 7) is 7.31. The van der Waals surface area contributed by atoms with Crippen molar-refractivity contribution in [3.05, 3.63) is 126 Å². The Balaban J connectivity index is 1.12. The van der Waals surface area contributed by atoms with E-state index in [1.54, 1.807) is 6.20 Å². The summed E-state index contributed by atoms with van der Waals surface area (Å²) in [4.78, 5) is 31.7. The summed E-state index contributed by atoms with van der Waals surface area (Å²) in [7, 11) is 2.17. The molecular weight excluding hydrogens is 532 g/mol. The van der Waals surface area contributed by atoms with Crippen molar-refractivity contribution in [2.24, 2.45) is 0 Å². The summed E-state index contributed by atoms with van der Waals surface area (Å²) >= 11 is 0. The van der Waals surface area contributed by atoms with Crippen LogP contribution in [0.1, 0.15) is 27.0 Å². The predicted octanol–water partition coefficient (Wildman–Crippen LogP) is 6.43. The van der Waals surface area contributed by atoms with Crippen LogP contribution in [-0.4, -0.2) is 63.8 Å². The molecule has 216 valence electrons. The third-order valence-corrected chi connectivity index (χ3v) is 7.99. The van der Waals surface area contributed by atoms with E-state index in [4.69, 9.17) is 4.98 Å². The molecule has 1 fully saturated rings. The molecule has 43 heavy (non-hydrogen) atoms. The minimum atomic E-state index is 0.102. The SMILES string of the molecule is Cc1ccc(CC(=O)c2ccc(CN3CCN(C)CC3)cc2)cc1Nc1nccc(-c2cncc(-c3ccccc3)c2)n1. The van der Waals surface area contributed by atoms with Crippen LogP contribution in [0.4, 0.5) is 11.6 Å². The van der Waals surface area contributed by atoms with Crippen molar-refractivity contribution in [3.63, 3.8) is 0 Å². The molecule has 0 aliphatic carbocycles. The molecule has 3 heterocycles.